The fraction of sp³-hybridized carbons (Fsp3) is 0.375. The van der Waals surface area contributed by atoms with Gasteiger partial charge in [-0.1, -0.05) is 24.9 Å². The summed E-state index contributed by atoms with van der Waals surface area (Å²) in [5.41, 5.74) is 0.948. The molecule has 2 amide bonds. The molecule has 1 N–H and O–H groups in total. The highest BCUT2D eigenvalue weighted by atomic mass is 35.5. The lowest BCUT2D eigenvalue weighted by Gasteiger charge is -2.29. The summed E-state index contributed by atoms with van der Waals surface area (Å²) < 4.78 is 11.0. The summed E-state index contributed by atoms with van der Waals surface area (Å²) in [5, 5.41) is 3.46. The second-order valence-electron chi connectivity index (χ2n) is 7.49. The molecule has 0 bridgehead atoms. The van der Waals surface area contributed by atoms with Crippen molar-refractivity contribution in [3.8, 4) is 11.5 Å². The zero-order valence-electron chi connectivity index (χ0n) is 18.1. The topological polar surface area (TPSA) is 84.9 Å². The smallest absolute Gasteiger partial charge is 0.265 e. The van der Waals surface area contributed by atoms with Gasteiger partial charge in [0, 0.05) is 30.1 Å². The lowest BCUT2D eigenvalue weighted by Crippen LogP contribution is -2.40. The minimum Gasteiger partial charge on any atom is -0.485 e. The molecule has 0 saturated carbocycles. The summed E-state index contributed by atoms with van der Waals surface area (Å²) in [6.45, 7) is 2.89. The molecule has 3 rings (SSSR count). The van der Waals surface area contributed by atoms with Gasteiger partial charge in [0.2, 0.25) is 5.91 Å². The monoisotopic (exact) mass is 458 g/mol. The van der Waals surface area contributed by atoms with Gasteiger partial charge >= 0.3 is 0 Å². The molecule has 0 radical (unpaired) electrons. The number of carbonyl (C=O) groups is 3. The number of nitrogens with one attached hydrogen (secondary N) is 1. The number of hydrogen-bond acceptors (Lipinski definition) is 5. The number of ether oxygens (including phenoxy) is 2. The van der Waals surface area contributed by atoms with Crippen molar-refractivity contribution >= 4 is 34.9 Å². The molecule has 0 saturated heterocycles. The number of Topliss-reactive ketones (excluding diaryl/α,β-unsaturated/α-hetero) is 1. The molecule has 2 aromatic rings. The van der Waals surface area contributed by atoms with Crippen LogP contribution in [-0.2, 0) is 9.59 Å². The van der Waals surface area contributed by atoms with Crippen LogP contribution in [0, 0.1) is 0 Å². The number of halogens is 1. The summed E-state index contributed by atoms with van der Waals surface area (Å²) in [7, 11) is 0. The Balaban J connectivity index is 1.61. The first kappa shape index (κ1) is 23.6. The molecule has 32 heavy (non-hydrogen) atoms. The van der Waals surface area contributed by atoms with Gasteiger partial charge in [0.05, 0.1) is 5.69 Å². The molecule has 0 fully saturated rings. The van der Waals surface area contributed by atoms with Gasteiger partial charge in [-0.25, -0.2) is 0 Å². The zero-order chi connectivity index (χ0) is 22.9. The Labute approximate surface area is 192 Å². The van der Waals surface area contributed by atoms with E-state index in [2.05, 4.69) is 12.2 Å². The molecule has 2 aromatic carbocycles. The molecule has 0 spiro atoms. The van der Waals surface area contributed by atoms with E-state index in [0.29, 0.717) is 53.7 Å². The first-order valence-electron chi connectivity index (χ1n) is 10.7. The van der Waals surface area contributed by atoms with Crippen molar-refractivity contribution in [3.05, 3.63) is 53.1 Å². The number of nitrogens with zero attached hydrogens (tertiary/aromatic N) is 1. The van der Waals surface area contributed by atoms with E-state index < -0.39 is 0 Å². The maximum Gasteiger partial charge on any atom is 0.265 e. The normalized spacial score (nSPS) is 12.7. The lowest BCUT2D eigenvalue weighted by molar-refractivity contribution is -0.122. The van der Waals surface area contributed by atoms with Gasteiger partial charge < -0.3 is 19.7 Å². The highest BCUT2D eigenvalue weighted by Crippen LogP contribution is 2.33. The number of rotatable bonds is 11. The average Bonchev–Trinajstić information content (AvgIpc) is 2.79. The van der Waals surface area contributed by atoms with E-state index in [4.69, 9.17) is 21.1 Å². The Morgan fingerprint density at radius 3 is 2.69 bits per heavy atom. The van der Waals surface area contributed by atoms with E-state index in [9.17, 15) is 14.4 Å². The molecular formula is C24H27ClN2O5. The number of ketones is 1. The van der Waals surface area contributed by atoms with Gasteiger partial charge in [-0.15, -0.1) is 0 Å². The predicted octanol–water partition coefficient (Wildman–Crippen LogP) is 4.02. The third-order valence-electron chi connectivity index (χ3n) is 5.05. The Hall–Kier alpha value is -3.06. The molecule has 7 nitrogen and oxygen atoms in total. The molecular weight excluding hydrogens is 432 g/mol. The maximum absolute atomic E-state index is 12.6. The number of hydrogen-bond donors (Lipinski definition) is 1. The van der Waals surface area contributed by atoms with Crippen LogP contribution in [0.5, 0.6) is 11.5 Å². The molecule has 0 atom stereocenters. The quantitative estimate of drug-likeness (QED) is 0.406. The number of unbranched alkanes of at least 4 members (excludes halogenated alkanes) is 1. The number of amides is 2. The summed E-state index contributed by atoms with van der Waals surface area (Å²) in [6, 6.07) is 11.7. The second kappa shape index (κ2) is 11.5. The minimum atomic E-state index is -0.226. The van der Waals surface area contributed by atoms with Crippen LogP contribution < -0.4 is 19.7 Å². The Bertz CT molecular complexity index is 961. The van der Waals surface area contributed by atoms with E-state index in [-0.39, 0.29) is 30.8 Å². The van der Waals surface area contributed by atoms with Crippen LogP contribution in [0.2, 0.25) is 5.02 Å². The van der Waals surface area contributed by atoms with Crippen LogP contribution >= 0.6 is 11.6 Å². The van der Waals surface area contributed by atoms with Crippen molar-refractivity contribution in [3.63, 3.8) is 0 Å². The van der Waals surface area contributed by atoms with Crippen molar-refractivity contribution in [1.82, 2.24) is 5.32 Å². The molecule has 0 aliphatic carbocycles. The van der Waals surface area contributed by atoms with Crippen molar-refractivity contribution < 1.29 is 23.9 Å². The van der Waals surface area contributed by atoms with Gasteiger partial charge in [-0.3, -0.25) is 14.4 Å². The second-order valence-corrected chi connectivity index (χ2v) is 7.93. The summed E-state index contributed by atoms with van der Waals surface area (Å²) >= 11 is 5.86. The summed E-state index contributed by atoms with van der Waals surface area (Å²) in [4.78, 5) is 38.6. The van der Waals surface area contributed by atoms with Gasteiger partial charge in [-0.05, 0) is 55.3 Å². The first-order valence-corrected chi connectivity index (χ1v) is 11.1. The van der Waals surface area contributed by atoms with Crippen LogP contribution in [0.1, 0.15) is 43.0 Å². The van der Waals surface area contributed by atoms with Crippen LogP contribution in [-0.4, -0.2) is 43.9 Å². The van der Waals surface area contributed by atoms with E-state index in [0.717, 1.165) is 12.8 Å². The highest BCUT2D eigenvalue weighted by molar-refractivity contribution is 6.30. The van der Waals surface area contributed by atoms with E-state index in [1.165, 1.54) is 0 Å². The molecule has 1 aliphatic heterocycles. The van der Waals surface area contributed by atoms with Crippen molar-refractivity contribution in [2.45, 2.75) is 32.6 Å². The van der Waals surface area contributed by atoms with Crippen molar-refractivity contribution in [2.75, 3.05) is 31.2 Å². The van der Waals surface area contributed by atoms with Gasteiger partial charge in [0.1, 0.15) is 11.5 Å². The summed E-state index contributed by atoms with van der Waals surface area (Å²) in [5.74, 6) is 0.620. The van der Waals surface area contributed by atoms with Gasteiger partial charge in [0.25, 0.3) is 5.91 Å². The molecule has 1 heterocycles. The average molecular weight is 459 g/mol. The number of benzene rings is 2. The minimum absolute atomic E-state index is 0.0253. The third kappa shape index (κ3) is 6.47. The molecule has 0 aromatic heterocycles. The first-order chi connectivity index (χ1) is 15.5. The van der Waals surface area contributed by atoms with Crippen LogP contribution in [0.15, 0.2) is 42.5 Å². The fourth-order valence-electron chi connectivity index (χ4n) is 3.27. The van der Waals surface area contributed by atoms with Crippen LogP contribution in [0.3, 0.4) is 0 Å². The Morgan fingerprint density at radius 1 is 1.16 bits per heavy atom. The Kier molecular flexibility index (Phi) is 8.50. The number of fused-ring (bicyclic) bond motifs is 1. The van der Waals surface area contributed by atoms with Crippen molar-refractivity contribution in [2.24, 2.45) is 0 Å². The highest BCUT2D eigenvalue weighted by Gasteiger charge is 2.26. The predicted molar refractivity (Wildman–Crippen MR) is 123 cm³/mol. The standard InChI is InChI=1S/C24H27ClN2O5/c1-2-3-12-26-23(29)5-4-13-27-20-14-17(6-11-22(20)32-16-24(27)30)21(28)15-31-19-9-7-18(25)8-10-19/h6-11,14H,2-5,12-13,15-16H2,1H3,(H,26,29). The van der Waals surface area contributed by atoms with Gasteiger partial charge in [-0.2, -0.15) is 0 Å². The Morgan fingerprint density at radius 2 is 1.94 bits per heavy atom. The fourth-order valence-corrected chi connectivity index (χ4v) is 3.40. The van der Waals surface area contributed by atoms with E-state index >= 15 is 0 Å². The molecule has 170 valence electrons. The van der Waals surface area contributed by atoms with E-state index in [1.807, 2.05) is 0 Å². The molecule has 1 aliphatic rings. The van der Waals surface area contributed by atoms with Crippen LogP contribution in [0.4, 0.5) is 5.69 Å². The largest absolute Gasteiger partial charge is 0.485 e. The third-order valence-corrected chi connectivity index (χ3v) is 5.30. The van der Waals surface area contributed by atoms with E-state index in [1.54, 1.807) is 47.4 Å². The van der Waals surface area contributed by atoms with Gasteiger partial charge in [0.15, 0.2) is 19.0 Å². The maximum atomic E-state index is 12.6. The SMILES string of the molecule is CCCCNC(=O)CCCN1C(=O)COc2ccc(C(=O)COc3ccc(Cl)cc3)cc21. The number of carbonyl (C=O) groups excluding carboxylic acids is 3. The number of anilines is 1. The lowest BCUT2D eigenvalue weighted by atomic mass is 10.1. The molecule has 8 heteroatoms. The molecule has 0 unspecified atom stereocenters. The zero-order valence-corrected chi connectivity index (χ0v) is 18.8. The van der Waals surface area contributed by atoms with Crippen LogP contribution in [0.25, 0.3) is 0 Å². The summed E-state index contributed by atoms with van der Waals surface area (Å²) in [6.07, 6.45) is 2.81. The van der Waals surface area contributed by atoms with Crippen molar-refractivity contribution in [1.29, 1.82) is 0 Å².